The first-order valence-corrected chi connectivity index (χ1v) is 13.5. The maximum absolute atomic E-state index is 12.9. The van der Waals surface area contributed by atoms with Crippen LogP contribution in [0.3, 0.4) is 0 Å². The lowest BCUT2D eigenvalue weighted by atomic mass is 9.92. The molecule has 2 aromatic heterocycles. The molecule has 2 atom stereocenters. The molecule has 8 heteroatoms. The van der Waals surface area contributed by atoms with E-state index in [1.807, 2.05) is 30.3 Å². The number of nitrogens with zero attached hydrogens (tertiary/aromatic N) is 5. The topological polar surface area (TPSA) is 65.2 Å². The summed E-state index contributed by atoms with van der Waals surface area (Å²) in [6.45, 7) is 5.87. The summed E-state index contributed by atoms with van der Waals surface area (Å²) < 4.78 is 1.59. The number of aryl methyl sites for hydroxylation is 1. The van der Waals surface area contributed by atoms with Gasteiger partial charge in [-0.2, -0.15) is 5.26 Å². The van der Waals surface area contributed by atoms with E-state index in [9.17, 15) is 10.1 Å². The summed E-state index contributed by atoms with van der Waals surface area (Å²) in [7, 11) is 1.74. The predicted molar refractivity (Wildman–Crippen MR) is 154 cm³/mol. The summed E-state index contributed by atoms with van der Waals surface area (Å²) in [6.07, 6.45) is 0.881. The fraction of sp³-hybridized carbons (Fsp3) is 0.300. The van der Waals surface area contributed by atoms with Crippen LogP contribution in [0.2, 0.25) is 10.0 Å². The predicted octanol–water partition coefficient (Wildman–Crippen LogP) is 6.19. The number of piperazine rings is 1. The van der Waals surface area contributed by atoms with Gasteiger partial charge in [-0.25, -0.2) is 4.98 Å². The number of anilines is 1. The molecule has 1 aliphatic rings. The molecule has 0 amide bonds. The van der Waals surface area contributed by atoms with Crippen molar-refractivity contribution in [1.82, 2.24) is 14.5 Å². The molecule has 0 N–H and O–H groups in total. The largest absolute Gasteiger partial charge is 0.364 e. The molecule has 1 fully saturated rings. The minimum atomic E-state index is -0.0934. The Bertz CT molecular complexity index is 1510. The number of hydrogen-bond acceptors (Lipinski definition) is 5. The van der Waals surface area contributed by atoms with E-state index in [2.05, 4.69) is 59.0 Å². The highest BCUT2D eigenvalue weighted by Crippen LogP contribution is 2.37. The summed E-state index contributed by atoms with van der Waals surface area (Å²) in [5.41, 5.74) is 4.74. The fourth-order valence-corrected chi connectivity index (χ4v) is 5.78. The molecule has 5 rings (SSSR count). The third-order valence-corrected chi connectivity index (χ3v) is 8.06. The van der Waals surface area contributed by atoms with Gasteiger partial charge < -0.3 is 9.47 Å². The first-order valence-electron chi connectivity index (χ1n) is 12.7. The van der Waals surface area contributed by atoms with E-state index >= 15 is 0 Å². The molecule has 194 valence electrons. The molecule has 2 aromatic carbocycles. The first kappa shape index (κ1) is 26.2. The van der Waals surface area contributed by atoms with Gasteiger partial charge in [-0.3, -0.25) is 9.69 Å². The van der Waals surface area contributed by atoms with Crippen LogP contribution in [0, 0.1) is 11.3 Å². The van der Waals surface area contributed by atoms with Crippen molar-refractivity contribution in [3.8, 4) is 6.07 Å². The van der Waals surface area contributed by atoms with Crippen LogP contribution in [0.1, 0.15) is 43.1 Å². The van der Waals surface area contributed by atoms with Gasteiger partial charge in [0.2, 0.25) is 0 Å². The number of halogens is 2. The summed E-state index contributed by atoms with van der Waals surface area (Å²) in [5.74, 6) is 0. The monoisotopic (exact) mass is 545 g/mol. The Morgan fingerprint density at radius 3 is 2.16 bits per heavy atom. The zero-order valence-corrected chi connectivity index (χ0v) is 23.1. The van der Waals surface area contributed by atoms with Crippen LogP contribution in [0.25, 0.3) is 11.0 Å². The first-order chi connectivity index (χ1) is 18.3. The maximum Gasteiger partial charge on any atom is 0.252 e. The van der Waals surface area contributed by atoms with Gasteiger partial charge in [0, 0.05) is 48.3 Å². The molecule has 3 heterocycles. The van der Waals surface area contributed by atoms with Gasteiger partial charge >= 0.3 is 0 Å². The van der Waals surface area contributed by atoms with Crippen molar-refractivity contribution in [3.05, 3.63) is 104 Å². The van der Waals surface area contributed by atoms with Crippen molar-refractivity contribution in [2.75, 3.05) is 18.0 Å². The lowest BCUT2D eigenvalue weighted by Crippen LogP contribution is -2.58. The molecule has 0 radical (unpaired) electrons. The van der Waals surface area contributed by atoms with E-state index in [1.54, 1.807) is 23.7 Å². The summed E-state index contributed by atoms with van der Waals surface area (Å²) in [6, 6.07) is 23.6. The number of aromatic nitrogens is 2. The molecular weight excluding hydrogens is 517 g/mol. The number of pyridine rings is 2. The van der Waals surface area contributed by atoms with Gasteiger partial charge in [-0.15, -0.1) is 0 Å². The lowest BCUT2D eigenvalue weighted by Gasteiger charge is -2.49. The van der Waals surface area contributed by atoms with E-state index < -0.39 is 0 Å². The van der Waals surface area contributed by atoms with Gasteiger partial charge in [-0.05, 0) is 60.9 Å². The van der Waals surface area contributed by atoms with Crippen molar-refractivity contribution in [1.29, 1.82) is 5.26 Å². The Labute approximate surface area is 232 Å². The lowest BCUT2D eigenvalue weighted by molar-refractivity contribution is 0.124. The van der Waals surface area contributed by atoms with Crippen LogP contribution in [-0.4, -0.2) is 39.6 Å². The van der Waals surface area contributed by atoms with E-state index in [-0.39, 0.29) is 23.7 Å². The fourth-order valence-electron chi connectivity index (χ4n) is 5.52. The van der Waals surface area contributed by atoms with Crippen LogP contribution in [0.5, 0.6) is 0 Å². The van der Waals surface area contributed by atoms with Crippen molar-refractivity contribution < 1.29 is 0 Å². The van der Waals surface area contributed by atoms with Gasteiger partial charge in [0.05, 0.1) is 17.2 Å². The van der Waals surface area contributed by atoms with Gasteiger partial charge in [0.1, 0.15) is 17.3 Å². The molecule has 6 nitrogen and oxygen atoms in total. The summed E-state index contributed by atoms with van der Waals surface area (Å²) >= 11 is 12.5. The Hall–Kier alpha value is -3.37. The highest BCUT2D eigenvalue weighted by molar-refractivity contribution is 6.30. The van der Waals surface area contributed by atoms with Crippen LogP contribution < -0.4 is 10.5 Å². The molecule has 0 aliphatic carbocycles. The Kier molecular flexibility index (Phi) is 7.45. The van der Waals surface area contributed by atoms with Crippen molar-refractivity contribution in [2.45, 2.75) is 38.4 Å². The number of rotatable bonds is 5. The van der Waals surface area contributed by atoms with Crippen molar-refractivity contribution in [3.63, 3.8) is 0 Å². The van der Waals surface area contributed by atoms with Crippen LogP contribution in [0.4, 0.5) is 5.69 Å². The summed E-state index contributed by atoms with van der Waals surface area (Å²) in [4.78, 5) is 22.4. The minimum absolute atomic E-state index is 0.0134. The second-order valence-corrected chi connectivity index (χ2v) is 10.7. The smallest absolute Gasteiger partial charge is 0.252 e. The SMILES string of the molecule is CC[C@H]1CN(C(c2ccc(Cl)cc2)c2ccc(Cl)cc2)C(C)CN1c1cc(=O)n(C)c2ccc(C#N)nc12. The third kappa shape index (κ3) is 4.90. The van der Waals surface area contributed by atoms with Crippen LogP contribution in [-0.2, 0) is 7.05 Å². The number of nitriles is 1. The van der Waals surface area contributed by atoms with Gasteiger partial charge in [0.25, 0.3) is 5.56 Å². The Balaban J connectivity index is 1.58. The normalized spacial score (nSPS) is 18.2. The van der Waals surface area contributed by atoms with E-state index in [0.717, 1.165) is 35.3 Å². The van der Waals surface area contributed by atoms with Gasteiger partial charge in [-0.1, -0.05) is 54.4 Å². The molecule has 0 saturated carbocycles. The molecule has 0 spiro atoms. The highest BCUT2D eigenvalue weighted by atomic mass is 35.5. The molecule has 1 unspecified atom stereocenters. The minimum Gasteiger partial charge on any atom is -0.364 e. The molecule has 1 aliphatic heterocycles. The molecule has 4 aromatic rings. The second-order valence-electron chi connectivity index (χ2n) is 9.87. The van der Waals surface area contributed by atoms with Crippen molar-refractivity contribution >= 4 is 39.9 Å². The van der Waals surface area contributed by atoms with E-state index in [1.165, 1.54) is 0 Å². The quantitative estimate of drug-likeness (QED) is 0.299. The van der Waals surface area contributed by atoms with E-state index in [4.69, 9.17) is 23.2 Å². The van der Waals surface area contributed by atoms with E-state index in [0.29, 0.717) is 27.8 Å². The standard InChI is InChI=1S/C30H29Cl2N5O/c1-4-25-18-36(30(20-5-9-22(31)10-6-20)21-7-11-23(32)12-8-21)19(2)17-37(25)27-15-28(38)35(3)26-14-13-24(16-33)34-29(26)27/h5-15,19,25,30H,4,17-18H2,1-3H3/t19?,25-/m0/s1. The van der Waals surface area contributed by atoms with Gasteiger partial charge in [0.15, 0.2) is 0 Å². The molecule has 38 heavy (non-hydrogen) atoms. The zero-order chi connectivity index (χ0) is 27.0. The molecule has 0 bridgehead atoms. The van der Waals surface area contributed by atoms with Crippen LogP contribution >= 0.6 is 23.2 Å². The Morgan fingerprint density at radius 2 is 1.61 bits per heavy atom. The number of hydrogen-bond donors (Lipinski definition) is 0. The molecule has 1 saturated heterocycles. The zero-order valence-electron chi connectivity index (χ0n) is 21.6. The Morgan fingerprint density at radius 1 is 1.00 bits per heavy atom. The third-order valence-electron chi connectivity index (χ3n) is 7.56. The maximum atomic E-state index is 12.9. The number of benzene rings is 2. The molecular formula is C30H29Cl2N5O. The number of fused-ring (bicyclic) bond motifs is 1. The average molecular weight is 547 g/mol. The average Bonchev–Trinajstić information content (AvgIpc) is 2.93. The second kappa shape index (κ2) is 10.8. The van der Waals surface area contributed by atoms with Crippen molar-refractivity contribution in [2.24, 2.45) is 7.05 Å². The van der Waals surface area contributed by atoms with Crippen LogP contribution in [0.15, 0.2) is 71.5 Å². The highest BCUT2D eigenvalue weighted by Gasteiger charge is 2.37. The summed E-state index contributed by atoms with van der Waals surface area (Å²) in [5, 5.41) is 10.9.